The van der Waals surface area contributed by atoms with Crippen molar-refractivity contribution in [2.45, 2.75) is 32.5 Å². The summed E-state index contributed by atoms with van der Waals surface area (Å²) >= 11 is 0. The molecule has 10 heteroatoms. The Balaban J connectivity index is 2.02. The average molecular weight is 418 g/mol. The molecule has 2 aromatic heterocycles. The minimum Gasteiger partial charge on any atom is -0.388 e. The molecule has 1 amide bonds. The molecule has 0 aliphatic heterocycles. The zero-order valence-corrected chi connectivity index (χ0v) is 16.8. The third kappa shape index (κ3) is 4.27. The number of amides is 1. The lowest BCUT2D eigenvalue weighted by atomic mass is 10.0. The maximum Gasteiger partial charge on any atom is 0.416 e. The van der Waals surface area contributed by atoms with E-state index in [1.165, 1.54) is 25.5 Å². The molecule has 1 aromatic carbocycles. The number of anilines is 1. The van der Waals surface area contributed by atoms with Crippen LogP contribution in [0.1, 0.15) is 48.0 Å². The monoisotopic (exact) mass is 418 g/mol. The van der Waals surface area contributed by atoms with Gasteiger partial charge in [0.25, 0.3) is 5.91 Å². The molecule has 0 atom stereocenters. The van der Waals surface area contributed by atoms with Crippen LogP contribution >= 0.6 is 0 Å². The molecule has 0 saturated carbocycles. The van der Waals surface area contributed by atoms with Gasteiger partial charge in [-0.2, -0.15) is 13.2 Å². The molecule has 0 radical (unpaired) electrons. The van der Waals surface area contributed by atoms with Gasteiger partial charge in [0.15, 0.2) is 5.65 Å². The minimum atomic E-state index is -4.49. The molecule has 158 valence electrons. The van der Waals surface area contributed by atoms with E-state index in [-0.39, 0.29) is 39.6 Å². The lowest BCUT2D eigenvalue weighted by molar-refractivity contribution is -0.137. The van der Waals surface area contributed by atoms with Crippen molar-refractivity contribution < 1.29 is 18.0 Å². The van der Waals surface area contributed by atoms with E-state index >= 15 is 0 Å². The summed E-state index contributed by atoms with van der Waals surface area (Å²) in [4.78, 5) is 24.0. The maximum absolute atomic E-state index is 13.0. The summed E-state index contributed by atoms with van der Waals surface area (Å²) in [6.07, 6.45) is -1.68. The molecule has 7 nitrogen and oxygen atoms in total. The van der Waals surface area contributed by atoms with E-state index in [4.69, 9.17) is 5.41 Å². The first kappa shape index (κ1) is 21.3. The molecule has 0 bridgehead atoms. The van der Waals surface area contributed by atoms with Gasteiger partial charge in [0, 0.05) is 30.0 Å². The molecule has 0 aliphatic rings. The number of fused-ring (bicyclic) bond motifs is 1. The van der Waals surface area contributed by atoms with Crippen molar-refractivity contribution in [3.8, 4) is 0 Å². The molecule has 2 heterocycles. The zero-order chi connectivity index (χ0) is 22.3. The quantitative estimate of drug-likeness (QED) is 0.481. The first-order valence-electron chi connectivity index (χ1n) is 9.05. The zero-order valence-electron chi connectivity index (χ0n) is 16.8. The number of H-pyrrole nitrogens is 1. The molecule has 3 rings (SSSR count). The van der Waals surface area contributed by atoms with Crippen LogP contribution in [0.5, 0.6) is 0 Å². The van der Waals surface area contributed by atoms with Crippen molar-refractivity contribution >= 4 is 28.5 Å². The Morgan fingerprint density at radius 3 is 2.47 bits per heavy atom. The molecule has 4 N–H and O–H groups in total. The van der Waals surface area contributed by atoms with Crippen LogP contribution in [0.4, 0.5) is 18.9 Å². The fourth-order valence-corrected chi connectivity index (χ4v) is 2.88. The lowest BCUT2D eigenvalue weighted by Crippen LogP contribution is -2.40. The number of hydrogen-bond donors (Lipinski definition) is 4. The lowest BCUT2D eigenvalue weighted by Gasteiger charge is -2.20. The Kier molecular flexibility index (Phi) is 5.27. The van der Waals surface area contributed by atoms with Crippen LogP contribution in [-0.2, 0) is 6.18 Å². The van der Waals surface area contributed by atoms with E-state index in [1.54, 1.807) is 0 Å². The molecular formula is C20H21F3N6O. The highest BCUT2D eigenvalue weighted by molar-refractivity contribution is 6.14. The molecule has 0 spiro atoms. The van der Waals surface area contributed by atoms with Crippen molar-refractivity contribution in [2.75, 3.05) is 12.4 Å². The molecule has 3 aromatic rings. The highest BCUT2D eigenvalue weighted by Gasteiger charge is 2.31. The number of carbonyl (C=O) groups excluding carboxylic acids is 1. The third-order valence-corrected chi connectivity index (χ3v) is 4.26. The number of carbonyl (C=O) groups is 1. The van der Waals surface area contributed by atoms with Crippen molar-refractivity contribution in [3.63, 3.8) is 0 Å². The van der Waals surface area contributed by atoms with Crippen LogP contribution in [0.15, 0.2) is 30.6 Å². The predicted molar refractivity (Wildman–Crippen MR) is 108 cm³/mol. The molecule has 0 unspecified atom stereocenters. The van der Waals surface area contributed by atoms with Gasteiger partial charge in [0.1, 0.15) is 11.2 Å². The van der Waals surface area contributed by atoms with E-state index in [2.05, 4.69) is 25.6 Å². The van der Waals surface area contributed by atoms with Gasteiger partial charge in [-0.3, -0.25) is 10.2 Å². The average Bonchev–Trinajstić information content (AvgIpc) is 3.08. The summed E-state index contributed by atoms with van der Waals surface area (Å²) in [7, 11) is 1.47. The van der Waals surface area contributed by atoms with Gasteiger partial charge in [-0.1, -0.05) is 6.07 Å². The Morgan fingerprint density at radius 1 is 1.17 bits per heavy atom. The van der Waals surface area contributed by atoms with Crippen molar-refractivity contribution in [1.82, 2.24) is 20.3 Å². The molecular weight excluding hydrogens is 397 g/mol. The predicted octanol–water partition coefficient (Wildman–Crippen LogP) is 3.96. The summed E-state index contributed by atoms with van der Waals surface area (Å²) < 4.78 is 39.0. The number of halogens is 3. The SMILES string of the molecule is CNc1cc(C(F)(F)F)ccc1C(=N)c1cnc2[nH]cc(C(=O)NC(C)(C)C)c2n1. The summed E-state index contributed by atoms with van der Waals surface area (Å²) in [5.41, 5.74) is 0.00472. The topological polar surface area (TPSA) is 107 Å². The summed E-state index contributed by atoms with van der Waals surface area (Å²) in [5.74, 6) is -0.350. The van der Waals surface area contributed by atoms with Gasteiger partial charge in [0.2, 0.25) is 0 Å². The Hall–Kier alpha value is -3.43. The van der Waals surface area contributed by atoms with Crippen molar-refractivity contribution in [2.24, 2.45) is 0 Å². The van der Waals surface area contributed by atoms with Crippen LogP contribution in [-0.4, -0.2) is 39.2 Å². The molecule has 30 heavy (non-hydrogen) atoms. The summed E-state index contributed by atoms with van der Waals surface area (Å²) in [6, 6.07) is 3.07. The number of aromatic amines is 1. The standard InChI is InChI=1S/C20H21F3N6O/c1-19(2,3)29-18(30)12-8-26-17-16(12)28-14(9-27-17)15(24)11-6-5-10(20(21,22)23)7-13(11)25-4/h5-9,24-25H,1-4H3,(H,26,27)(H,29,30). The van der Waals surface area contributed by atoms with Crippen LogP contribution < -0.4 is 10.6 Å². The Morgan fingerprint density at radius 2 is 1.87 bits per heavy atom. The van der Waals surface area contributed by atoms with Gasteiger partial charge in [0.05, 0.1) is 23.0 Å². The van der Waals surface area contributed by atoms with Gasteiger partial charge < -0.3 is 15.6 Å². The van der Waals surface area contributed by atoms with Crippen LogP contribution in [0, 0.1) is 5.41 Å². The largest absolute Gasteiger partial charge is 0.416 e. The Bertz CT molecular complexity index is 1130. The highest BCUT2D eigenvalue weighted by atomic mass is 19.4. The first-order valence-corrected chi connectivity index (χ1v) is 9.05. The fourth-order valence-electron chi connectivity index (χ4n) is 2.88. The molecule has 0 aliphatic carbocycles. The second-order valence-electron chi connectivity index (χ2n) is 7.74. The molecule has 0 saturated heterocycles. The second kappa shape index (κ2) is 7.43. The second-order valence-corrected chi connectivity index (χ2v) is 7.74. The molecule has 0 fully saturated rings. The van der Waals surface area contributed by atoms with Crippen LogP contribution in [0.25, 0.3) is 11.2 Å². The van der Waals surface area contributed by atoms with E-state index < -0.39 is 17.3 Å². The summed E-state index contributed by atoms with van der Waals surface area (Å²) in [6.45, 7) is 5.53. The van der Waals surface area contributed by atoms with E-state index in [9.17, 15) is 18.0 Å². The van der Waals surface area contributed by atoms with Gasteiger partial charge in [-0.05, 0) is 32.9 Å². The van der Waals surface area contributed by atoms with Gasteiger partial charge >= 0.3 is 6.18 Å². The number of aromatic nitrogens is 3. The normalized spacial score (nSPS) is 12.1. The minimum absolute atomic E-state index is 0.120. The number of rotatable bonds is 4. The number of benzene rings is 1. The maximum atomic E-state index is 13.0. The van der Waals surface area contributed by atoms with Crippen LogP contribution in [0.2, 0.25) is 0 Å². The Labute approximate surface area is 170 Å². The van der Waals surface area contributed by atoms with Crippen LogP contribution in [0.3, 0.4) is 0 Å². The third-order valence-electron chi connectivity index (χ3n) is 4.26. The van der Waals surface area contributed by atoms with E-state index in [0.717, 1.165) is 12.1 Å². The summed E-state index contributed by atoms with van der Waals surface area (Å²) in [5, 5.41) is 14.0. The van der Waals surface area contributed by atoms with Crippen molar-refractivity contribution in [1.29, 1.82) is 5.41 Å². The number of nitrogens with one attached hydrogen (secondary N) is 4. The number of alkyl halides is 3. The number of nitrogens with zero attached hydrogens (tertiary/aromatic N) is 2. The van der Waals surface area contributed by atoms with Crippen molar-refractivity contribution in [3.05, 3.63) is 53.0 Å². The fraction of sp³-hybridized carbons (Fsp3) is 0.300. The smallest absolute Gasteiger partial charge is 0.388 e. The van der Waals surface area contributed by atoms with Gasteiger partial charge in [-0.15, -0.1) is 0 Å². The van der Waals surface area contributed by atoms with Gasteiger partial charge in [-0.25, -0.2) is 9.97 Å². The van der Waals surface area contributed by atoms with E-state index in [1.807, 2.05) is 20.8 Å². The number of hydrogen-bond acceptors (Lipinski definition) is 5. The highest BCUT2D eigenvalue weighted by Crippen LogP contribution is 2.32. The van der Waals surface area contributed by atoms with E-state index in [0.29, 0.717) is 5.65 Å². The first-order chi connectivity index (χ1) is 13.9.